The summed E-state index contributed by atoms with van der Waals surface area (Å²) in [6, 6.07) is 51.6. The molecule has 0 saturated carbocycles. The second-order valence-corrected chi connectivity index (χ2v) is 12.0. The number of aromatic nitrogens is 3. The molecular weight excluding hydrogens is 590 g/mol. The van der Waals surface area contributed by atoms with Gasteiger partial charge in [-0.25, -0.2) is 15.0 Å². The minimum absolute atomic E-state index is 0.600. The minimum Gasteiger partial charge on any atom is -0.456 e. The third kappa shape index (κ3) is 4.22. The van der Waals surface area contributed by atoms with Gasteiger partial charge in [-0.2, -0.15) is 0 Å². The molecule has 224 valence electrons. The van der Waals surface area contributed by atoms with E-state index in [1.165, 1.54) is 0 Å². The van der Waals surface area contributed by atoms with Gasteiger partial charge in [0, 0.05) is 43.6 Å². The first kappa shape index (κ1) is 26.6. The Kier molecular flexibility index (Phi) is 5.81. The standard InChI is InChI=1S/C43H25N3O2/c1-3-11-26(12-4-1)41-44-42(27-13-5-2-6-14-27)46-43(45-41)35-25-30-20-19-28(23-33(30)40-39(35)32-16-8-10-18-37(32)48-40)29-21-22-38-34(24-29)31-15-7-9-17-36(31)47-38/h1-25H. The highest BCUT2D eigenvalue weighted by molar-refractivity contribution is 6.21. The minimum atomic E-state index is 0.600. The van der Waals surface area contributed by atoms with Crippen molar-refractivity contribution in [1.82, 2.24) is 15.0 Å². The van der Waals surface area contributed by atoms with Crippen LogP contribution in [-0.2, 0) is 0 Å². The van der Waals surface area contributed by atoms with E-state index in [2.05, 4.69) is 54.6 Å². The monoisotopic (exact) mass is 615 g/mol. The van der Waals surface area contributed by atoms with E-state index in [1.54, 1.807) is 0 Å². The summed E-state index contributed by atoms with van der Waals surface area (Å²) >= 11 is 0. The highest BCUT2D eigenvalue weighted by Crippen LogP contribution is 2.42. The summed E-state index contributed by atoms with van der Waals surface area (Å²) in [7, 11) is 0. The molecule has 0 radical (unpaired) electrons. The number of nitrogens with zero attached hydrogens (tertiary/aromatic N) is 3. The van der Waals surface area contributed by atoms with Crippen LogP contribution in [0, 0.1) is 0 Å². The van der Waals surface area contributed by atoms with Crippen molar-refractivity contribution in [2.45, 2.75) is 0 Å². The third-order valence-electron chi connectivity index (χ3n) is 9.11. The Bertz CT molecular complexity index is 2780. The molecule has 10 aromatic rings. The second-order valence-electron chi connectivity index (χ2n) is 12.0. The summed E-state index contributed by atoms with van der Waals surface area (Å²) in [5, 5.41) is 6.28. The van der Waals surface area contributed by atoms with Crippen molar-refractivity contribution in [3.63, 3.8) is 0 Å². The zero-order valence-electron chi connectivity index (χ0n) is 25.6. The Morgan fingerprint density at radius 3 is 1.60 bits per heavy atom. The predicted molar refractivity (Wildman–Crippen MR) is 194 cm³/mol. The highest BCUT2D eigenvalue weighted by atomic mass is 16.3. The Balaban J connectivity index is 1.23. The molecule has 10 rings (SSSR count). The van der Waals surface area contributed by atoms with Crippen molar-refractivity contribution in [1.29, 1.82) is 0 Å². The van der Waals surface area contributed by atoms with Crippen LogP contribution in [-0.4, -0.2) is 15.0 Å². The lowest BCUT2D eigenvalue weighted by Gasteiger charge is -2.11. The molecule has 0 atom stereocenters. The molecule has 3 aromatic heterocycles. The first-order valence-electron chi connectivity index (χ1n) is 15.9. The van der Waals surface area contributed by atoms with Gasteiger partial charge in [0.25, 0.3) is 0 Å². The molecule has 0 spiro atoms. The van der Waals surface area contributed by atoms with Gasteiger partial charge in [0.1, 0.15) is 22.3 Å². The fourth-order valence-corrected chi connectivity index (χ4v) is 6.80. The summed E-state index contributed by atoms with van der Waals surface area (Å²) < 4.78 is 12.8. The maximum atomic E-state index is 6.68. The smallest absolute Gasteiger partial charge is 0.164 e. The number of rotatable bonds is 4. The van der Waals surface area contributed by atoms with Crippen LogP contribution >= 0.6 is 0 Å². The number of hydrogen-bond acceptors (Lipinski definition) is 5. The molecule has 0 fully saturated rings. The first-order valence-corrected chi connectivity index (χ1v) is 15.9. The maximum Gasteiger partial charge on any atom is 0.164 e. The van der Waals surface area contributed by atoms with Gasteiger partial charge in [-0.15, -0.1) is 0 Å². The van der Waals surface area contributed by atoms with Crippen LogP contribution in [0.4, 0.5) is 0 Å². The van der Waals surface area contributed by atoms with Crippen LogP contribution in [0.3, 0.4) is 0 Å². The molecule has 5 nitrogen and oxygen atoms in total. The molecule has 0 aliphatic rings. The molecule has 5 heteroatoms. The average Bonchev–Trinajstić information content (AvgIpc) is 3.74. The summed E-state index contributed by atoms with van der Waals surface area (Å²) in [5.74, 6) is 1.85. The van der Waals surface area contributed by atoms with Crippen LogP contribution in [0.25, 0.3) is 99.9 Å². The van der Waals surface area contributed by atoms with Gasteiger partial charge in [0.15, 0.2) is 17.5 Å². The Morgan fingerprint density at radius 1 is 0.354 bits per heavy atom. The van der Waals surface area contributed by atoms with Crippen LogP contribution in [0.15, 0.2) is 160 Å². The predicted octanol–water partition coefficient (Wildman–Crippen LogP) is 11.5. The first-order chi connectivity index (χ1) is 23.8. The quantitative estimate of drug-likeness (QED) is 0.197. The zero-order chi connectivity index (χ0) is 31.6. The number of fused-ring (bicyclic) bond motifs is 8. The highest BCUT2D eigenvalue weighted by Gasteiger charge is 2.21. The van der Waals surface area contributed by atoms with E-state index in [9.17, 15) is 0 Å². The topological polar surface area (TPSA) is 65.0 Å². The van der Waals surface area contributed by atoms with Crippen LogP contribution in [0.1, 0.15) is 0 Å². The Morgan fingerprint density at radius 2 is 0.896 bits per heavy atom. The summed E-state index contributed by atoms with van der Waals surface area (Å²) in [5.41, 5.74) is 8.37. The molecular formula is C43H25N3O2. The molecule has 0 unspecified atom stereocenters. The normalized spacial score (nSPS) is 11.8. The largest absolute Gasteiger partial charge is 0.456 e. The number of para-hydroxylation sites is 2. The van der Waals surface area contributed by atoms with Gasteiger partial charge in [0.2, 0.25) is 0 Å². The van der Waals surface area contributed by atoms with Crippen molar-refractivity contribution in [3.05, 3.63) is 152 Å². The van der Waals surface area contributed by atoms with E-state index in [4.69, 9.17) is 23.8 Å². The lowest BCUT2D eigenvalue weighted by Crippen LogP contribution is -2.00. The molecule has 3 heterocycles. The van der Waals surface area contributed by atoms with Crippen LogP contribution < -0.4 is 0 Å². The molecule has 0 N–H and O–H groups in total. The number of furan rings is 2. The van der Waals surface area contributed by atoms with E-state index in [-0.39, 0.29) is 0 Å². The number of benzene rings is 7. The maximum absolute atomic E-state index is 6.68. The Labute approximate surface area is 274 Å². The SMILES string of the molecule is c1ccc(-c2nc(-c3ccccc3)nc(-c3cc4ccc(-c5ccc6oc7ccccc7c6c5)cc4c4oc5ccccc5c34)n2)cc1. The van der Waals surface area contributed by atoms with E-state index >= 15 is 0 Å². The summed E-state index contributed by atoms with van der Waals surface area (Å²) in [6.07, 6.45) is 0. The van der Waals surface area contributed by atoms with E-state index in [1.807, 2.05) is 97.1 Å². The van der Waals surface area contributed by atoms with Crippen LogP contribution in [0.5, 0.6) is 0 Å². The van der Waals surface area contributed by atoms with Crippen molar-refractivity contribution in [2.75, 3.05) is 0 Å². The molecule has 0 amide bonds. The molecule has 0 bridgehead atoms. The summed E-state index contributed by atoms with van der Waals surface area (Å²) in [6.45, 7) is 0. The molecule has 48 heavy (non-hydrogen) atoms. The van der Waals surface area contributed by atoms with Crippen LogP contribution in [0.2, 0.25) is 0 Å². The molecule has 7 aromatic carbocycles. The van der Waals surface area contributed by atoms with E-state index in [0.29, 0.717) is 17.5 Å². The molecule has 0 saturated heterocycles. The second kappa shape index (κ2) is 10.5. The van der Waals surface area contributed by atoms with E-state index < -0.39 is 0 Å². The van der Waals surface area contributed by atoms with Crippen molar-refractivity contribution in [3.8, 4) is 45.3 Å². The van der Waals surface area contributed by atoms with Gasteiger partial charge < -0.3 is 8.83 Å². The lowest BCUT2D eigenvalue weighted by atomic mass is 9.95. The fourth-order valence-electron chi connectivity index (χ4n) is 6.80. The van der Waals surface area contributed by atoms with Crippen molar-refractivity contribution < 1.29 is 8.83 Å². The van der Waals surface area contributed by atoms with Crippen molar-refractivity contribution >= 4 is 54.6 Å². The zero-order valence-corrected chi connectivity index (χ0v) is 25.6. The molecule has 0 aliphatic heterocycles. The number of hydrogen-bond donors (Lipinski definition) is 0. The third-order valence-corrected chi connectivity index (χ3v) is 9.11. The fraction of sp³-hybridized carbons (Fsp3) is 0. The van der Waals surface area contributed by atoms with Gasteiger partial charge in [0.05, 0.1) is 0 Å². The average molecular weight is 616 g/mol. The van der Waals surface area contributed by atoms with Crippen molar-refractivity contribution in [2.24, 2.45) is 0 Å². The lowest BCUT2D eigenvalue weighted by molar-refractivity contribution is 0.669. The molecule has 0 aliphatic carbocycles. The van der Waals surface area contributed by atoms with Gasteiger partial charge in [-0.05, 0) is 52.9 Å². The van der Waals surface area contributed by atoms with E-state index in [0.717, 1.165) is 82.5 Å². The van der Waals surface area contributed by atoms with Gasteiger partial charge in [-0.3, -0.25) is 0 Å². The summed E-state index contributed by atoms with van der Waals surface area (Å²) in [4.78, 5) is 15.1. The van der Waals surface area contributed by atoms with Gasteiger partial charge in [-0.1, -0.05) is 115 Å². The Hall–Kier alpha value is -6.59. The van der Waals surface area contributed by atoms with Gasteiger partial charge >= 0.3 is 0 Å².